The molecule has 1 amide bonds. The van der Waals surface area contributed by atoms with E-state index in [9.17, 15) is 4.79 Å². The first-order valence-electron chi connectivity index (χ1n) is 7.23. The molecule has 0 saturated heterocycles. The van der Waals surface area contributed by atoms with Gasteiger partial charge in [-0.05, 0) is 48.8 Å². The summed E-state index contributed by atoms with van der Waals surface area (Å²) in [4.78, 5) is 11.9. The van der Waals surface area contributed by atoms with Gasteiger partial charge in [0.15, 0.2) is 0 Å². The van der Waals surface area contributed by atoms with Crippen molar-refractivity contribution in [1.29, 1.82) is 0 Å². The quantitative estimate of drug-likeness (QED) is 0.851. The van der Waals surface area contributed by atoms with Crippen molar-refractivity contribution >= 4 is 5.91 Å². The van der Waals surface area contributed by atoms with E-state index >= 15 is 0 Å². The van der Waals surface area contributed by atoms with Gasteiger partial charge in [-0.3, -0.25) is 4.79 Å². The number of aliphatic hydroxyl groups excluding tert-OH is 1. The maximum Gasteiger partial charge on any atom is 0.224 e. The van der Waals surface area contributed by atoms with Crippen molar-refractivity contribution in [3.63, 3.8) is 0 Å². The largest absolute Gasteiger partial charge is 0.394 e. The number of carbonyl (C=O) groups excluding carboxylic acids is 1. The Kier molecular flexibility index (Phi) is 4.97. The zero-order valence-electron chi connectivity index (χ0n) is 11.6. The van der Waals surface area contributed by atoms with Crippen LogP contribution in [0, 0.1) is 0 Å². The molecule has 0 aromatic heterocycles. The van der Waals surface area contributed by atoms with Crippen LogP contribution in [0.2, 0.25) is 0 Å². The minimum absolute atomic E-state index is 0.00309. The number of benzene rings is 1. The summed E-state index contributed by atoms with van der Waals surface area (Å²) in [6.45, 7) is 1.96. The molecule has 0 saturated carbocycles. The Bertz CT molecular complexity index is 438. The van der Waals surface area contributed by atoms with Gasteiger partial charge in [0.1, 0.15) is 0 Å². The van der Waals surface area contributed by atoms with E-state index in [2.05, 4.69) is 23.5 Å². The van der Waals surface area contributed by atoms with Crippen molar-refractivity contribution in [2.24, 2.45) is 0 Å². The summed E-state index contributed by atoms with van der Waals surface area (Å²) in [7, 11) is 0. The first-order chi connectivity index (χ1) is 9.22. The highest BCUT2D eigenvalue weighted by Crippen LogP contribution is 2.22. The van der Waals surface area contributed by atoms with E-state index in [4.69, 9.17) is 5.11 Å². The lowest BCUT2D eigenvalue weighted by Crippen LogP contribution is -2.37. The monoisotopic (exact) mass is 261 g/mol. The van der Waals surface area contributed by atoms with E-state index in [-0.39, 0.29) is 18.6 Å². The number of aryl methyl sites for hydroxylation is 2. The van der Waals surface area contributed by atoms with Crippen LogP contribution in [0.3, 0.4) is 0 Å². The maximum absolute atomic E-state index is 11.9. The molecule has 1 aliphatic rings. The molecule has 1 aromatic rings. The maximum atomic E-state index is 11.9. The van der Waals surface area contributed by atoms with Gasteiger partial charge < -0.3 is 10.4 Å². The van der Waals surface area contributed by atoms with Gasteiger partial charge >= 0.3 is 0 Å². The van der Waals surface area contributed by atoms with Gasteiger partial charge in [-0.2, -0.15) is 0 Å². The van der Waals surface area contributed by atoms with Gasteiger partial charge in [-0.1, -0.05) is 25.1 Å². The molecule has 1 aromatic carbocycles. The van der Waals surface area contributed by atoms with E-state index in [1.807, 2.05) is 6.92 Å². The molecule has 2 N–H and O–H groups in total. The van der Waals surface area contributed by atoms with Crippen LogP contribution in [-0.2, 0) is 24.1 Å². The molecule has 3 nitrogen and oxygen atoms in total. The number of hydrogen-bond acceptors (Lipinski definition) is 2. The highest BCUT2D eigenvalue weighted by atomic mass is 16.3. The van der Waals surface area contributed by atoms with Crippen LogP contribution >= 0.6 is 0 Å². The Balaban J connectivity index is 1.97. The Hall–Kier alpha value is -1.35. The van der Waals surface area contributed by atoms with Gasteiger partial charge in [0.2, 0.25) is 5.91 Å². The van der Waals surface area contributed by atoms with Crippen LogP contribution < -0.4 is 5.32 Å². The molecule has 0 spiro atoms. The van der Waals surface area contributed by atoms with Gasteiger partial charge in [-0.15, -0.1) is 0 Å². The van der Waals surface area contributed by atoms with Crippen LogP contribution in [0.5, 0.6) is 0 Å². The fraction of sp³-hybridized carbons (Fsp3) is 0.562. The average molecular weight is 261 g/mol. The molecular weight excluding hydrogens is 238 g/mol. The lowest BCUT2D eigenvalue weighted by molar-refractivity contribution is -0.121. The Labute approximate surface area is 115 Å². The minimum Gasteiger partial charge on any atom is -0.394 e. The van der Waals surface area contributed by atoms with Crippen molar-refractivity contribution in [3.05, 3.63) is 34.9 Å². The molecule has 2 rings (SSSR count). The molecule has 0 radical (unpaired) electrons. The third kappa shape index (κ3) is 3.80. The summed E-state index contributed by atoms with van der Waals surface area (Å²) in [6.07, 6.45) is 6.01. The molecule has 104 valence electrons. The standard InChI is InChI=1S/C16H23NO2/c1-2-15(11-18)17-16(19)10-12-7-8-13-5-3-4-6-14(13)9-12/h7-9,15,18H,2-6,10-11H2,1H3,(H,17,19). The van der Waals surface area contributed by atoms with Crippen molar-refractivity contribution in [2.75, 3.05) is 6.61 Å². The summed E-state index contributed by atoms with van der Waals surface area (Å²) in [6, 6.07) is 6.28. The van der Waals surface area contributed by atoms with Crippen LogP contribution in [0.1, 0.15) is 42.9 Å². The van der Waals surface area contributed by atoms with Gasteiger partial charge in [0, 0.05) is 0 Å². The molecular formula is C16H23NO2. The molecule has 1 aliphatic carbocycles. The number of rotatable bonds is 5. The highest BCUT2D eigenvalue weighted by Gasteiger charge is 2.13. The molecule has 0 fully saturated rings. The Morgan fingerprint density at radius 1 is 1.32 bits per heavy atom. The first kappa shape index (κ1) is 14.1. The third-order valence-corrected chi connectivity index (χ3v) is 3.86. The van der Waals surface area contributed by atoms with Crippen LogP contribution in [0.25, 0.3) is 0 Å². The molecule has 19 heavy (non-hydrogen) atoms. The highest BCUT2D eigenvalue weighted by molar-refractivity contribution is 5.79. The number of aliphatic hydroxyl groups is 1. The Morgan fingerprint density at radius 2 is 2.05 bits per heavy atom. The smallest absolute Gasteiger partial charge is 0.224 e. The third-order valence-electron chi connectivity index (χ3n) is 3.86. The zero-order chi connectivity index (χ0) is 13.7. The minimum atomic E-state index is -0.120. The van der Waals surface area contributed by atoms with Crippen LogP contribution in [-0.4, -0.2) is 23.7 Å². The normalized spacial score (nSPS) is 15.7. The van der Waals surface area contributed by atoms with E-state index in [0.717, 1.165) is 18.4 Å². The second kappa shape index (κ2) is 6.71. The molecule has 0 heterocycles. The zero-order valence-corrected chi connectivity index (χ0v) is 11.6. The summed E-state index contributed by atoms with van der Waals surface area (Å²) in [5.74, 6) is -0.00309. The van der Waals surface area contributed by atoms with E-state index in [1.54, 1.807) is 0 Å². The SMILES string of the molecule is CCC(CO)NC(=O)Cc1ccc2c(c1)CCCC2. The molecule has 1 unspecified atom stereocenters. The summed E-state index contributed by atoms with van der Waals surface area (Å²) < 4.78 is 0. The second-order valence-corrected chi connectivity index (χ2v) is 5.34. The van der Waals surface area contributed by atoms with Gasteiger partial charge in [0.25, 0.3) is 0 Å². The number of carbonyl (C=O) groups is 1. The first-order valence-corrected chi connectivity index (χ1v) is 7.23. The van der Waals surface area contributed by atoms with E-state index in [0.29, 0.717) is 6.42 Å². The molecule has 0 bridgehead atoms. The van der Waals surface area contributed by atoms with E-state index in [1.165, 1.54) is 30.4 Å². The number of hydrogen-bond donors (Lipinski definition) is 2. The number of amides is 1. The average Bonchev–Trinajstić information content (AvgIpc) is 2.44. The predicted molar refractivity (Wildman–Crippen MR) is 76.1 cm³/mol. The summed E-state index contributed by atoms with van der Waals surface area (Å²) in [5.41, 5.74) is 3.92. The van der Waals surface area contributed by atoms with Gasteiger partial charge in [-0.25, -0.2) is 0 Å². The molecule has 1 atom stereocenters. The van der Waals surface area contributed by atoms with Crippen molar-refractivity contribution in [2.45, 2.75) is 51.5 Å². The van der Waals surface area contributed by atoms with Crippen molar-refractivity contribution in [3.8, 4) is 0 Å². The van der Waals surface area contributed by atoms with Gasteiger partial charge in [0.05, 0.1) is 19.1 Å². The Morgan fingerprint density at radius 3 is 2.74 bits per heavy atom. The second-order valence-electron chi connectivity index (χ2n) is 5.34. The van der Waals surface area contributed by atoms with Crippen molar-refractivity contribution in [1.82, 2.24) is 5.32 Å². The van der Waals surface area contributed by atoms with Crippen LogP contribution in [0.15, 0.2) is 18.2 Å². The fourth-order valence-corrected chi connectivity index (χ4v) is 2.64. The lowest BCUT2D eigenvalue weighted by Gasteiger charge is -2.17. The predicted octanol–water partition coefficient (Wildman–Crippen LogP) is 1.99. The topological polar surface area (TPSA) is 49.3 Å². The molecule has 0 aliphatic heterocycles. The summed E-state index contributed by atoms with van der Waals surface area (Å²) >= 11 is 0. The number of nitrogens with one attached hydrogen (secondary N) is 1. The van der Waals surface area contributed by atoms with Crippen LogP contribution in [0.4, 0.5) is 0 Å². The fourth-order valence-electron chi connectivity index (χ4n) is 2.64. The number of fused-ring (bicyclic) bond motifs is 1. The molecule has 3 heteroatoms. The van der Waals surface area contributed by atoms with E-state index < -0.39 is 0 Å². The lowest BCUT2D eigenvalue weighted by atomic mass is 9.90. The van der Waals surface area contributed by atoms with Crippen molar-refractivity contribution < 1.29 is 9.90 Å². The summed E-state index contributed by atoms with van der Waals surface area (Å²) in [5, 5.41) is 11.9.